The standard InChI is InChI=1S/C23H23F3N2O4/c1-3-32-13-5-12-28-21(29)19(15-8-10-18(31-2)11-9-15)20(22(28)30)27-17-7-4-6-16(14-17)23(24,25)26/h4,6-11,14,27H,3,5,12-13H2,1-2H3. The van der Waals surface area contributed by atoms with Gasteiger partial charge in [0.1, 0.15) is 11.4 Å². The summed E-state index contributed by atoms with van der Waals surface area (Å²) in [6.45, 7) is 2.86. The molecule has 1 N–H and O–H groups in total. The van der Waals surface area contributed by atoms with Gasteiger partial charge in [-0.1, -0.05) is 18.2 Å². The van der Waals surface area contributed by atoms with Crippen molar-refractivity contribution in [2.45, 2.75) is 19.5 Å². The lowest BCUT2D eigenvalue weighted by Crippen LogP contribution is -2.34. The summed E-state index contributed by atoms with van der Waals surface area (Å²) in [4.78, 5) is 27.3. The molecule has 2 aromatic carbocycles. The molecule has 0 aromatic heterocycles. The number of rotatable bonds is 9. The van der Waals surface area contributed by atoms with Gasteiger partial charge in [-0.15, -0.1) is 0 Å². The van der Waals surface area contributed by atoms with Gasteiger partial charge in [0.2, 0.25) is 0 Å². The topological polar surface area (TPSA) is 67.9 Å². The summed E-state index contributed by atoms with van der Waals surface area (Å²) in [6.07, 6.45) is -4.09. The van der Waals surface area contributed by atoms with Gasteiger partial charge in [-0.3, -0.25) is 14.5 Å². The van der Waals surface area contributed by atoms with Crippen molar-refractivity contribution in [1.82, 2.24) is 4.90 Å². The number of benzene rings is 2. The highest BCUT2D eigenvalue weighted by Crippen LogP contribution is 2.34. The molecule has 0 bridgehead atoms. The molecule has 2 amide bonds. The second-order valence-electron chi connectivity index (χ2n) is 6.99. The molecule has 1 heterocycles. The average molecular weight is 448 g/mol. The van der Waals surface area contributed by atoms with E-state index in [-0.39, 0.29) is 23.5 Å². The molecular formula is C23H23F3N2O4. The van der Waals surface area contributed by atoms with Crippen LogP contribution < -0.4 is 10.1 Å². The van der Waals surface area contributed by atoms with E-state index in [0.717, 1.165) is 17.0 Å². The van der Waals surface area contributed by atoms with Crippen molar-refractivity contribution in [1.29, 1.82) is 0 Å². The first-order valence-corrected chi connectivity index (χ1v) is 10.0. The van der Waals surface area contributed by atoms with Gasteiger partial charge in [-0.2, -0.15) is 13.2 Å². The second-order valence-corrected chi connectivity index (χ2v) is 6.99. The van der Waals surface area contributed by atoms with Crippen LogP contribution in [0, 0.1) is 0 Å². The van der Waals surface area contributed by atoms with Gasteiger partial charge in [0.25, 0.3) is 11.8 Å². The third kappa shape index (κ3) is 5.11. The Morgan fingerprint density at radius 2 is 1.75 bits per heavy atom. The molecule has 0 unspecified atom stereocenters. The van der Waals surface area contributed by atoms with E-state index in [1.807, 2.05) is 6.92 Å². The number of ether oxygens (including phenoxy) is 2. The maximum atomic E-state index is 13.1. The minimum Gasteiger partial charge on any atom is -0.497 e. The second kappa shape index (κ2) is 9.86. The summed E-state index contributed by atoms with van der Waals surface area (Å²) in [5.74, 6) is -0.562. The first-order chi connectivity index (χ1) is 15.3. The van der Waals surface area contributed by atoms with Gasteiger partial charge in [0, 0.05) is 25.4 Å². The lowest BCUT2D eigenvalue weighted by Gasteiger charge is -2.15. The SMILES string of the molecule is CCOCCCN1C(=O)C(Nc2cccc(C(F)(F)F)c2)=C(c2ccc(OC)cc2)C1=O. The van der Waals surface area contributed by atoms with Crippen molar-refractivity contribution in [3.8, 4) is 5.75 Å². The van der Waals surface area contributed by atoms with E-state index >= 15 is 0 Å². The highest BCUT2D eigenvalue weighted by molar-refractivity contribution is 6.36. The molecule has 9 heteroatoms. The van der Waals surface area contributed by atoms with Gasteiger partial charge < -0.3 is 14.8 Å². The third-order valence-electron chi connectivity index (χ3n) is 4.88. The summed E-state index contributed by atoms with van der Waals surface area (Å²) >= 11 is 0. The first-order valence-electron chi connectivity index (χ1n) is 10.0. The zero-order chi connectivity index (χ0) is 23.3. The number of hydrogen-bond donors (Lipinski definition) is 1. The highest BCUT2D eigenvalue weighted by Gasteiger charge is 2.39. The summed E-state index contributed by atoms with van der Waals surface area (Å²) < 4.78 is 49.7. The number of alkyl halides is 3. The summed E-state index contributed by atoms with van der Waals surface area (Å²) in [5, 5.41) is 2.75. The Bertz CT molecular complexity index is 1020. The maximum absolute atomic E-state index is 13.1. The van der Waals surface area contributed by atoms with Crippen LogP contribution in [0.4, 0.5) is 18.9 Å². The van der Waals surface area contributed by atoms with E-state index in [1.54, 1.807) is 24.3 Å². The van der Waals surface area contributed by atoms with E-state index in [0.29, 0.717) is 30.9 Å². The number of anilines is 1. The van der Waals surface area contributed by atoms with Crippen LogP contribution in [0.15, 0.2) is 54.2 Å². The fourth-order valence-electron chi connectivity index (χ4n) is 3.31. The van der Waals surface area contributed by atoms with Gasteiger partial charge in [0.15, 0.2) is 0 Å². The van der Waals surface area contributed by atoms with Crippen molar-refractivity contribution in [3.05, 3.63) is 65.4 Å². The number of imide groups is 1. The first kappa shape index (κ1) is 23.3. The smallest absolute Gasteiger partial charge is 0.416 e. The number of carbonyl (C=O) groups excluding carboxylic acids is 2. The maximum Gasteiger partial charge on any atom is 0.416 e. The molecule has 0 atom stereocenters. The van der Waals surface area contributed by atoms with Crippen LogP contribution in [0.25, 0.3) is 5.57 Å². The molecule has 0 saturated carbocycles. The Hall–Kier alpha value is -3.33. The number of nitrogens with zero attached hydrogens (tertiary/aromatic N) is 1. The molecule has 0 radical (unpaired) electrons. The van der Waals surface area contributed by atoms with Crippen molar-refractivity contribution in [2.24, 2.45) is 0 Å². The number of hydrogen-bond acceptors (Lipinski definition) is 5. The van der Waals surface area contributed by atoms with Crippen LogP contribution in [-0.2, 0) is 20.5 Å². The minimum atomic E-state index is -4.54. The monoisotopic (exact) mass is 448 g/mol. The molecule has 0 aliphatic carbocycles. The zero-order valence-corrected chi connectivity index (χ0v) is 17.7. The minimum absolute atomic E-state index is 0.0538. The number of carbonyl (C=O) groups is 2. The molecule has 1 aliphatic rings. The highest BCUT2D eigenvalue weighted by atomic mass is 19.4. The number of methoxy groups -OCH3 is 1. The zero-order valence-electron chi connectivity index (χ0n) is 17.7. The van der Waals surface area contributed by atoms with Crippen LogP contribution in [0.1, 0.15) is 24.5 Å². The van der Waals surface area contributed by atoms with Crippen LogP contribution in [0.2, 0.25) is 0 Å². The Labute approximate surface area is 183 Å². The Morgan fingerprint density at radius 3 is 2.38 bits per heavy atom. The molecule has 170 valence electrons. The van der Waals surface area contributed by atoms with Crippen LogP contribution in [0.3, 0.4) is 0 Å². The van der Waals surface area contributed by atoms with Crippen molar-refractivity contribution >= 4 is 23.1 Å². The molecule has 0 fully saturated rings. The lowest BCUT2D eigenvalue weighted by molar-refractivity contribution is -0.138. The third-order valence-corrected chi connectivity index (χ3v) is 4.88. The average Bonchev–Trinajstić information content (AvgIpc) is 3.00. The van der Waals surface area contributed by atoms with E-state index in [4.69, 9.17) is 9.47 Å². The predicted octanol–water partition coefficient (Wildman–Crippen LogP) is 4.33. The van der Waals surface area contributed by atoms with Crippen LogP contribution in [0.5, 0.6) is 5.75 Å². The Kier molecular flexibility index (Phi) is 7.19. The van der Waals surface area contributed by atoms with Gasteiger partial charge in [-0.05, 0) is 49.2 Å². The largest absolute Gasteiger partial charge is 0.497 e. The van der Waals surface area contributed by atoms with Crippen molar-refractivity contribution in [3.63, 3.8) is 0 Å². The Morgan fingerprint density at radius 1 is 1.03 bits per heavy atom. The van der Waals surface area contributed by atoms with E-state index < -0.39 is 23.6 Å². The molecule has 3 rings (SSSR count). The predicted molar refractivity (Wildman–Crippen MR) is 113 cm³/mol. The lowest BCUT2D eigenvalue weighted by atomic mass is 10.0. The number of nitrogens with one attached hydrogen (secondary N) is 1. The summed E-state index contributed by atoms with van der Waals surface area (Å²) in [6, 6.07) is 11.0. The fraction of sp³-hybridized carbons (Fsp3) is 0.304. The molecule has 6 nitrogen and oxygen atoms in total. The van der Waals surface area contributed by atoms with Crippen molar-refractivity contribution < 1.29 is 32.2 Å². The van der Waals surface area contributed by atoms with E-state index in [1.165, 1.54) is 19.2 Å². The van der Waals surface area contributed by atoms with Crippen LogP contribution in [-0.4, -0.2) is 43.6 Å². The Balaban J connectivity index is 1.97. The van der Waals surface area contributed by atoms with E-state index in [2.05, 4.69) is 5.32 Å². The normalized spacial score (nSPS) is 14.3. The van der Waals surface area contributed by atoms with Gasteiger partial charge in [-0.25, -0.2) is 0 Å². The molecule has 0 saturated heterocycles. The fourth-order valence-corrected chi connectivity index (χ4v) is 3.31. The van der Waals surface area contributed by atoms with Gasteiger partial charge >= 0.3 is 6.18 Å². The number of amides is 2. The molecular weight excluding hydrogens is 425 g/mol. The molecule has 32 heavy (non-hydrogen) atoms. The molecule has 0 spiro atoms. The summed E-state index contributed by atoms with van der Waals surface area (Å²) in [7, 11) is 1.50. The van der Waals surface area contributed by atoms with Crippen molar-refractivity contribution in [2.75, 3.05) is 32.2 Å². The quantitative estimate of drug-likeness (QED) is 0.457. The van der Waals surface area contributed by atoms with Gasteiger partial charge in [0.05, 0.1) is 18.2 Å². The molecule has 2 aromatic rings. The molecule has 1 aliphatic heterocycles. The summed E-state index contributed by atoms with van der Waals surface area (Å²) in [5.41, 5.74) is -0.342. The van der Waals surface area contributed by atoms with E-state index in [9.17, 15) is 22.8 Å². The number of halogens is 3. The van der Waals surface area contributed by atoms with Crippen LogP contribution >= 0.6 is 0 Å².